The zero-order valence-corrected chi connectivity index (χ0v) is 21.4. The number of rotatable bonds is 14. The van der Waals surface area contributed by atoms with Crippen molar-refractivity contribution in [2.75, 3.05) is 26.3 Å². The van der Waals surface area contributed by atoms with Crippen molar-refractivity contribution >= 4 is 29.5 Å². The van der Waals surface area contributed by atoms with Gasteiger partial charge in [-0.1, -0.05) is 38.8 Å². The molecule has 3 heterocycles. The lowest BCUT2D eigenvalue weighted by molar-refractivity contribution is -0.154. The maximum absolute atomic E-state index is 14.1. The first-order valence-corrected chi connectivity index (χ1v) is 13.6. The van der Waals surface area contributed by atoms with Gasteiger partial charge in [0.05, 0.1) is 35.8 Å². The third-order valence-corrected chi connectivity index (χ3v) is 9.53. The number of ether oxygens (including phenoxy) is 1. The van der Waals surface area contributed by atoms with Gasteiger partial charge in [-0.3, -0.25) is 14.4 Å². The molecule has 2 bridgehead atoms. The fourth-order valence-corrected chi connectivity index (χ4v) is 8.14. The molecule has 8 heteroatoms. The van der Waals surface area contributed by atoms with Crippen LogP contribution in [-0.4, -0.2) is 81.1 Å². The van der Waals surface area contributed by atoms with E-state index in [0.29, 0.717) is 32.4 Å². The molecule has 2 unspecified atom stereocenters. The fourth-order valence-electron chi connectivity index (χ4n) is 5.96. The first kappa shape index (κ1) is 26.8. The molecule has 7 nitrogen and oxygen atoms in total. The van der Waals surface area contributed by atoms with E-state index in [1.165, 1.54) is 0 Å². The normalized spacial score (nSPS) is 30.2. The van der Waals surface area contributed by atoms with Crippen LogP contribution >= 0.6 is 11.8 Å². The Morgan fingerprint density at radius 2 is 2.09 bits per heavy atom. The smallest absolute Gasteiger partial charge is 0.310 e. The largest absolute Gasteiger partial charge is 0.465 e. The summed E-state index contributed by atoms with van der Waals surface area (Å²) in [6, 6.07) is -1.15. The van der Waals surface area contributed by atoms with Crippen molar-refractivity contribution in [2.45, 2.75) is 80.9 Å². The minimum absolute atomic E-state index is 0.0234. The number of carbonyl (C=O) groups is 3. The highest BCUT2D eigenvalue weighted by molar-refractivity contribution is 8.02. The van der Waals surface area contributed by atoms with E-state index in [0.717, 1.165) is 25.7 Å². The van der Waals surface area contributed by atoms with Gasteiger partial charge in [0, 0.05) is 18.3 Å². The predicted octanol–water partition coefficient (Wildman–Crippen LogP) is 3.17. The number of amides is 2. The molecular formula is C26H40N2O5S. The van der Waals surface area contributed by atoms with Crippen molar-refractivity contribution in [1.82, 2.24) is 9.80 Å². The Kier molecular flexibility index (Phi) is 9.27. The summed E-state index contributed by atoms with van der Waals surface area (Å²) in [6.45, 7) is 12.6. The molecule has 0 aromatic rings. The fraction of sp³-hybridized carbons (Fsp3) is 0.731. The molecule has 3 aliphatic rings. The van der Waals surface area contributed by atoms with Crippen LogP contribution < -0.4 is 0 Å². The van der Waals surface area contributed by atoms with E-state index in [4.69, 9.17) is 4.74 Å². The minimum Gasteiger partial charge on any atom is -0.465 e. The Bertz CT molecular complexity index is 785. The van der Waals surface area contributed by atoms with E-state index in [9.17, 15) is 19.5 Å². The van der Waals surface area contributed by atoms with E-state index >= 15 is 0 Å². The van der Waals surface area contributed by atoms with Crippen molar-refractivity contribution in [3.63, 3.8) is 0 Å². The zero-order chi connectivity index (χ0) is 24.9. The van der Waals surface area contributed by atoms with E-state index in [-0.39, 0.29) is 36.2 Å². The molecule has 0 radical (unpaired) electrons. The average molecular weight is 493 g/mol. The molecule has 2 amide bonds. The summed E-state index contributed by atoms with van der Waals surface area (Å²) in [4.78, 5) is 44.5. The summed E-state index contributed by atoms with van der Waals surface area (Å²) in [7, 11) is 0. The Hall–Kier alpha value is -1.80. The van der Waals surface area contributed by atoms with Gasteiger partial charge in [-0.2, -0.15) is 0 Å². The van der Waals surface area contributed by atoms with E-state index in [1.54, 1.807) is 33.7 Å². The zero-order valence-electron chi connectivity index (χ0n) is 20.6. The van der Waals surface area contributed by atoms with Crippen molar-refractivity contribution in [3.8, 4) is 0 Å². The summed E-state index contributed by atoms with van der Waals surface area (Å²) in [5, 5.41) is 10.1. The van der Waals surface area contributed by atoms with Crippen molar-refractivity contribution in [3.05, 3.63) is 25.3 Å². The van der Waals surface area contributed by atoms with E-state index < -0.39 is 28.7 Å². The molecule has 0 saturated carbocycles. The molecule has 3 saturated heterocycles. The lowest BCUT2D eigenvalue weighted by Gasteiger charge is -2.39. The van der Waals surface area contributed by atoms with Gasteiger partial charge < -0.3 is 19.6 Å². The lowest BCUT2D eigenvalue weighted by Crippen LogP contribution is -2.57. The standard InChI is InChI=1S/C26H40N2O5S/c1-5-9-11-15-27(14-7-3)24(31)22-26-13-12-19(34-26)20(25(32)33-16-10-6-2)21(26)23(30)28(22)18(8-4)17-29/h6-7,18-22,29H,2-3,5,8-17H2,1,4H3/t18-,19-,20+,21-,22?,26?/m0/s1. The molecule has 0 aromatic carbocycles. The molecule has 3 rings (SSSR count). The van der Waals surface area contributed by atoms with Gasteiger partial charge in [0.1, 0.15) is 6.04 Å². The molecule has 6 atom stereocenters. The number of fused-ring (bicyclic) bond motifs is 1. The number of thioether (sulfide) groups is 1. The van der Waals surface area contributed by atoms with Crippen molar-refractivity contribution < 1.29 is 24.2 Å². The summed E-state index contributed by atoms with van der Waals surface area (Å²) in [5.41, 5.74) is 0. The number of nitrogens with zero attached hydrogens (tertiary/aromatic N) is 2. The summed E-state index contributed by atoms with van der Waals surface area (Å²) in [5.74, 6) is -1.78. The van der Waals surface area contributed by atoms with Crippen LogP contribution in [0.15, 0.2) is 25.3 Å². The van der Waals surface area contributed by atoms with E-state index in [1.807, 2.05) is 6.92 Å². The van der Waals surface area contributed by atoms with Crippen molar-refractivity contribution in [2.24, 2.45) is 11.8 Å². The number of unbranched alkanes of at least 4 members (excludes halogenated alkanes) is 2. The predicted molar refractivity (Wildman–Crippen MR) is 134 cm³/mol. The average Bonchev–Trinajstić information content (AvgIpc) is 3.47. The number of hydrogen-bond acceptors (Lipinski definition) is 6. The van der Waals surface area contributed by atoms with Gasteiger partial charge in [0.2, 0.25) is 11.8 Å². The second-order valence-corrected chi connectivity index (χ2v) is 11.2. The quantitative estimate of drug-likeness (QED) is 0.228. The second kappa shape index (κ2) is 11.8. The van der Waals surface area contributed by atoms with Gasteiger partial charge in [-0.15, -0.1) is 24.9 Å². The van der Waals surface area contributed by atoms with E-state index in [2.05, 4.69) is 20.1 Å². The van der Waals surface area contributed by atoms with Crippen LogP contribution in [-0.2, 0) is 19.1 Å². The van der Waals surface area contributed by atoms with Crippen LogP contribution in [0.5, 0.6) is 0 Å². The SMILES string of the molecule is C=CCCOC(=O)[C@@H]1[C@@H]2CCC3(S2)C(C(=O)N(CC=C)CCCCC)N([C@@H](CC)CO)C(=O)[C@H]13. The second-order valence-electron chi connectivity index (χ2n) is 9.57. The molecular weight excluding hydrogens is 452 g/mol. The van der Waals surface area contributed by atoms with Crippen LogP contribution in [0.1, 0.15) is 58.8 Å². The highest BCUT2D eigenvalue weighted by atomic mass is 32.2. The third-order valence-electron chi connectivity index (χ3n) is 7.58. The van der Waals surface area contributed by atoms with Gasteiger partial charge in [0.15, 0.2) is 0 Å². The molecule has 1 N–H and O–H groups in total. The topological polar surface area (TPSA) is 87.2 Å². The molecule has 0 aliphatic carbocycles. The maximum atomic E-state index is 14.1. The molecule has 1 spiro atoms. The first-order chi connectivity index (χ1) is 16.4. The van der Waals surface area contributed by atoms with Crippen LogP contribution in [0.25, 0.3) is 0 Å². The van der Waals surface area contributed by atoms with Crippen LogP contribution in [0.4, 0.5) is 0 Å². The van der Waals surface area contributed by atoms with Gasteiger partial charge in [-0.25, -0.2) is 0 Å². The van der Waals surface area contributed by atoms with Crippen molar-refractivity contribution in [1.29, 1.82) is 0 Å². The number of likely N-dealkylation sites (tertiary alicyclic amines) is 1. The molecule has 190 valence electrons. The Labute approximate surface area is 208 Å². The van der Waals surface area contributed by atoms with Crippen LogP contribution in [0.2, 0.25) is 0 Å². The molecule has 0 aromatic heterocycles. The van der Waals surface area contributed by atoms with Crippen LogP contribution in [0, 0.1) is 11.8 Å². The summed E-state index contributed by atoms with van der Waals surface area (Å²) >= 11 is 1.63. The summed E-state index contributed by atoms with van der Waals surface area (Å²) in [6.07, 6.45) is 8.96. The first-order valence-electron chi connectivity index (χ1n) is 12.7. The maximum Gasteiger partial charge on any atom is 0.310 e. The summed E-state index contributed by atoms with van der Waals surface area (Å²) < 4.78 is 4.86. The number of esters is 1. The Balaban J connectivity index is 1.97. The van der Waals surface area contributed by atoms with Crippen LogP contribution in [0.3, 0.4) is 0 Å². The monoisotopic (exact) mass is 492 g/mol. The van der Waals surface area contributed by atoms with Gasteiger partial charge >= 0.3 is 5.97 Å². The van der Waals surface area contributed by atoms with Gasteiger partial charge in [0.25, 0.3) is 0 Å². The lowest BCUT2D eigenvalue weighted by atomic mass is 9.71. The molecule has 34 heavy (non-hydrogen) atoms. The number of aliphatic hydroxyl groups excluding tert-OH is 1. The Morgan fingerprint density at radius 1 is 1.32 bits per heavy atom. The molecule has 3 aliphatic heterocycles. The minimum atomic E-state index is -0.690. The highest BCUT2D eigenvalue weighted by Crippen LogP contribution is 2.67. The number of hydrogen-bond donors (Lipinski definition) is 1. The highest BCUT2D eigenvalue weighted by Gasteiger charge is 2.74. The number of aliphatic hydroxyl groups is 1. The number of carbonyl (C=O) groups excluding carboxylic acids is 3. The Morgan fingerprint density at radius 3 is 2.71 bits per heavy atom. The molecule has 3 fully saturated rings. The third kappa shape index (κ3) is 4.68. The van der Waals surface area contributed by atoms with Gasteiger partial charge in [-0.05, 0) is 32.1 Å².